The summed E-state index contributed by atoms with van der Waals surface area (Å²) in [7, 11) is 1.37. The Bertz CT molecular complexity index is 845. The van der Waals surface area contributed by atoms with Crippen LogP contribution >= 0.6 is 0 Å². The Morgan fingerprint density at radius 2 is 1.54 bits per heavy atom. The molecule has 2 aliphatic rings. The molecule has 0 aromatic heterocycles. The number of ketones is 2. The highest BCUT2D eigenvalue weighted by Crippen LogP contribution is 2.50. The first-order chi connectivity index (χ1) is 17.4. The minimum Gasteiger partial charge on any atom is -0.487 e. The quantitative estimate of drug-likeness (QED) is 0.170. The summed E-state index contributed by atoms with van der Waals surface area (Å²) in [6, 6.07) is 0. The van der Waals surface area contributed by atoms with E-state index in [2.05, 4.69) is 27.7 Å². The van der Waals surface area contributed by atoms with Gasteiger partial charge in [-0.2, -0.15) is 0 Å². The van der Waals surface area contributed by atoms with Crippen molar-refractivity contribution in [3.05, 3.63) is 11.8 Å². The summed E-state index contributed by atoms with van der Waals surface area (Å²) in [5.74, 6) is 0.370. The zero-order valence-electron chi connectivity index (χ0n) is 24.4. The van der Waals surface area contributed by atoms with E-state index in [1.165, 1.54) is 12.7 Å². The van der Waals surface area contributed by atoms with Gasteiger partial charge in [-0.25, -0.2) is 0 Å². The van der Waals surface area contributed by atoms with Gasteiger partial charge in [-0.05, 0) is 87.5 Å². The van der Waals surface area contributed by atoms with Gasteiger partial charge >= 0.3 is 5.97 Å². The summed E-state index contributed by atoms with van der Waals surface area (Å²) in [6.07, 6.45) is 8.64. The summed E-state index contributed by atoms with van der Waals surface area (Å²) in [5, 5.41) is 0. The molecule has 0 aromatic carbocycles. The number of hydrogen-bond donors (Lipinski definition) is 0. The third-order valence-corrected chi connectivity index (χ3v) is 9.43. The Balaban J connectivity index is 2.60. The third-order valence-electron chi connectivity index (χ3n) is 9.43. The van der Waals surface area contributed by atoms with E-state index in [1.807, 2.05) is 13.2 Å². The van der Waals surface area contributed by atoms with Gasteiger partial charge in [0.2, 0.25) is 0 Å². The largest absolute Gasteiger partial charge is 0.487 e. The first-order valence-electron chi connectivity index (χ1n) is 14.3. The summed E-state index contributed by atoms with van der Waals surface area (Å²) in [6.45, 7) is 13.8. The summed E-state index contributed by atoms with van der Waals surface area (Å²) < 4.78 is 11.8. The van der Waals surface area contributed by atoms with Crippen LogP contribution in [0, 0.1) is 47.3 Å². The van der Waals surface area contributed by atoms with Crippen molar-refractivity contribution in [1.29, 1.82) is 0 Å². The van der Waals surface area contributed by atoms with E-state index in [0.29, 0.717) is 43.4 Å². The zero-order chi connectivity index (χ0) is 27.9. The molecule has 2 saturated carbocycles. The zero-order valence-corrected chi connectivity index (χ0v) is 24.4. The lowest BCUT2D eigenvalue weighted by atomic mass is 9.59. The maximum atomic E-state index is 13.1. The van der Waals surface area contributed by atoms with Crippen molar-refractivity contribution in [2.24, 2.45) is 47.3 Å². The molecule has 0 N–H and O–H groups in total. The van der Waals surface area contributed by atoms with E-state index in [4.69, 9.17) is 9.47 Å². The van der Waals surface area contributed by atoms with E-state index in [0.717, 1.165) is 32.0 Å². The van der Waals surface area contributed by atoms with Gasteiger partial charge in [-0.3, -0.25) is 9.59 Å². The molecule has 0 aromatic rings. The maximum Gasteiger partial charge on any atom is 0.308 e. The predicted molar refractivity (Wildman–Crippen MR) is 145 cm³/mol. The number of esters is 1. The van der Waals surface area contributed by atoms with Crippen LogP contribution in [0.25, 0.3) is 0 Å². The molecule has 6 heteroatoms. The number of Topliss-reactive ketones (excluding diaryl/α,β-unsaturated/α-hetero) is 2. The van der Waals surface area contributed by atoms with Gasteiger partial charge in [0.1, 0.15) is 11.6 Å². The van der Waals surface area contributed by atoms with E-state index >= 15 is 0 Å². The van der Waals surface area contributed by atoms with Crippen LogP contribution in [0.3, 0.4) is 0 Å². The first kappa shape index (κ1) is 31.2. The Kier molecular flexibility index (Phi) is 11.6. The van der Waals surface area contributed by atoms with Crippen molar-refractivity contribution >= 4 is 23.8 Å². The molecule has 0 bridgehead atoms. The van der Waals surface area contributed by atoms with Crippen LogP contribution in [0.5, 0.6) is 0 Å². The fourth-order valence-electron chi connectivity index (χ4n) is 7.11. The molecule has 8 atom stereocenters. The van der Waals surface area contributed by atoms with Crippen molar-refractivity contribution in [3.63, 3.8) is 0 Å². The van der Waals surface area contributed by atoms with E-state index in [-0.39, 0.29) is 41.2 Å². The lowest BCUT2D eigenvalue weighted by Gasteiger charge is -2.50. The number of carbonyl (C=O) groups is 4. The number of hydrogen-bond acceptors (Lipinski definition) is 6. The van der Waals surface area contributed by atoms with Crippen molar-refractivity contribution in [2.75, 3.05) is 7.11 Å². The number of allylic oxidation sites excluding steroid dienone is 1. The number of methoxy groups -OCH3 is 1. The van der Waals surface area contributed by atoms with Crippen LogP contribution in [0.2, 0.25) is 0 Å². The molecule has 0 saturated heterocycles. The lowest BCUT2D eigenvalue weighted by Crippen LogP contribution is -2.56. The van der Waals surface area contributed by atoms with Crippen LogP contribution in [0.15, 0.2) is 11.8 Å². The smallest absolute Gasteiger partial charge is 0.308 e. The fourth-order valence-corrected chi connectivity index (χ4v) is 7.11. The lowest BCUT2D eigenvalue weighted by molar-refractivity contribution is -0.169. The van der Waals surface area contributed by atoms with Gasteiger partial charge in [0.15, 0.2) is 11.9 Å². The molecule has 2 aliphatic carbocycles. The number of aldehydes is 1. The number of carbonyl (C=O) groups excluding carboxylic acids is 4. The minimum absolute atomic E-state index is 0.0822. The Morgan fingerprint density at radius 1 is 0.946 bits per heavy atom. The Labute approximate surface area is 224 Å². The van der Waals surface area contributed by atoms with Crippen LogP contribution < -0.4 is 0 Å². The van der Waals surface area contributed by atoms with Gasteiger partial charge in [0.25, 0.3) is 0 Å². The summed E-state index contributed by atoms with van der Waals surface area (Å²) >= 11 is 0. The van der Waals surface area contributed by atoms with Gasteiger partial charge in [-0.15, -0.1) is 0 Å². The van der Waals surface area contributed by atoms with Crippen molar-refractivity contribution in [3.8, 4) is 0 Å². The molecule has 0 radical (unpaired) electrons. The molecule has 0 amide bonds. The van der Waals surface area contributed by atoms with Crippen molar-refractivity contribution < 1.29 is 28.7 Å². The first-order valence-corrected chi connectivity index (χ1v) is 14.3. The SMILES string of the molecule is COC(=O)C(C)[C@@H]1CC[C@@H](C)[C@H](CCC(C)=O)[C@@]1(C=O)O/C=C1/[C@H](C(C)C)CC[C@@H](C)[C@@H]1CCC(C)=O. The average Bonchev–Trinajstić information content (AvgIpc) is 2.84. The van der Waals surface area contributed by atoms with E-state index in [1.54, 1.807) is 13.8 Å². The minimum atomic E-state index is -1.22. The molecule has 2 fully saturated rings. The molecule has 37 heavy (non-hydrogen) atoms. The van der Waals surface area contributed by atoms with E-state index in [9.17, 15) is 19.2 Å². The highest BCUT2D eigenvalue weighted by molar-refractivity contribution is 5.76. The van der Waals surface area contributed by atoms with Gasteiger partial charge in [0.05, 0.1) is 19.3 Å². The van der Waals surface area contributed by atoms with E-state index < -0.39 is 11.5 Å². The normalized spacial score (nSPS) is 34.1. The molecule has 0 heterocycles. The second kappa shape index (κ2) is 13.7. The highest BCUT2D eigenvalue weighted by Gasteiger charge is 2.55. The van der Waals surface area contributed by atoms with Crippen LogP contribution in [-0.4, -0.2) is 36.5 Å². The molecule has 0 aliphatic heterocycles. The summed E-state index contributed by atoms with van der Waals surface area (Å²) in [5.41, 5.74) is -0.0367. The maximum absolute atomic E-state index is 13.1. The summed E-state index contributed by atoms with van der Waals surface area (Å²) in [4.78, 5) is 49.6. The predicted octanol–water partition coefficient (Wildman–Crippen LogP) is 6.35. The standard InChI is InChI=1S/C31H50O6/c1-19(2)25-13-9-20(3)26(14-11-22(5)33)27(25)17-37-31(18-32)28(16-12-23(6)34)21(4)10-15-29(31)24(7)30(35)36-8/h17-21,24-26,28-29H,9-16H2,1-8H3/b27-17-/t20-,21-,24?,25+,26+,28+,29+,31-/m1/s1. The second-order valence-electron chi connectivity index (χ2n) is 12.3. The number of rotatable bonds is 12. The van der Waals surface area contributed by atoms with Crippen molar-refractivity contribution in [1.82, 2.24) is 0 Å². The third kappa shape index (κ3) is 7.32. The molecule has 0 spiro atoms. The highest BCUT2D eigenvalue weighted by atomic mass is 16.5. The molecular weight excluding hydrogens is 468 g/mol. The molecule has 210 valence electrons. The average molecular weight is 519 g/mol. The Morgan fingerprint density at radius 3 is 2.08 bits per heavy atom. The van der Waals surface area contributed by atoms with Crippen LogP contribution in [0.4, 0.5) is 0 Å². The van der Waals surface area contributed by atoms with Crippen molar-refractivity contribution in [2.45, 2.75) is 105 Å². The monoisotopic (exact) mass is 518 g/mol. The molecule has 6 nitrogen and oxygen atoms in total. The molecule has 1 unspecified atom stereocenters. The van der Waals surface area contributed by atoms with Crippen LogP contribution in [0.1, 0.15) is 99.8 Å². The van der Waals surface area contributed by atoms with Gasteiger partial charge < -0.3 is 19.1 Å². The molecular formula is C31H50O6. The van der Waals surface area contributed by atoms with Crippen LogP contribution in [-0.2, 0) is 28.7 Å². The van der Waals surface area contributed by atoms with Gasteiger partial charge in [-0.1, -0.05) is 34.6 Å². The fraction of sp³-hybridized carbons (Fsp3) is 0.806. The number of ether oxygens (including phenoxy) is 2. The Hall–Kier alpha value is -1.98. The second-order valence-corrected chi connectivity index (χ2v) is 12.3. The molecule has 2 rings (SSSR count). The topological polar surface area (TPSA) is 86.7 Å². The van der Waals surface area contributed by atoms with Gasteiger partial charge in [0, 0.05) is 24.7 Å².